The van der Waals surface area contributed by atoms with Gasteiger partial charge >= 0.3 is 0 Å². The number of aromatic nitrogens is 5. The molecule has 13 heteroatoms. The molecular weight excluding hydrogens is 440 g/mol. The van der Waals surface area contributed by atoms with Gasteiger partial charge in [0.1, 0.15) is 29.1 Å². The normalized spacial score (nSPS) is 16.2. The van der Waals surface area contributed by atoms with Gasteiger partial charge in [-0.1, -0.05) is 5.16 Å². The quantitative estimate of drug-likeness (QED) is 0.238. The van der Waals surface area contributed by atoms with E-state index in [0.29, 0.717) is 46.8 Å². The minimum absolute atomic E-state index is 0.275. The molecule has 0 radical (unpaired) electrons. The van der Waals surface area contributed by atoms with Crippen molar-refractivity contribution in [3.63, 3.8) is 0 Å². The number of nitrogens with zero attached hydrogens (tertiary/aromatic N) is 5. The summed E-state index contributed by atoms with van der Waals surface area (Å²) in [6.07, 6.45) is 4.84. The number of hydrogen-bond donors (Lipinski definition) is 6. The molecule has 0 saturated heterocycles. The van der Waals surface area contributed by atoms with E-state index in [1.165, 1.54) is 0 Å². The second-order valence-corrected chi connectivity index (χ2v) is 8.05. The molecule has 4 rings (SSSR count). The van der Waals surface area contributed by atoms with E-state index < -0.39 is 11.8 Å². The van der Waals surface area contributed by atoms with Gasteiger partial charge in [0.05, 0.1) is 24.1 Å². The molecule has 2 atom stereocenters. The Morgan fingerprint density at radius 2 is 2.26 bits per heavy atom. The third-order valence-corrected chi connectivity index (χ3v) is 5.46. The van der Waals surface area contributed by atoms with Gasteiger partial charge in [0.15, 0.2) is 11.5 Å². The topological polar surface area (TPSA) is 169 Å². The van der Waals surface area contributed by atoms with Gasteiger partial charge in [-0.2, -0.15) is 5.10 Å². The lowest BCUT2D eigenvalue weighted by atomic mass is 10.1. The summed E-state index contributed by atoms with van der Waals surface area (Å²) in [6, 6.07) is 2.77. The maximum Gasteiger partial charge on any atom is 0.248 e. The molecule has 180 valence electrons. The zero-order valence-corrected chi connectivity index (χ0v) is 19.4. The Morgan fingerprint density at radius 3 is 2.94 bits per heavy atom. The van der Waals surface area contributed by atoms with E-state index in [2.05, 4.69) is 46.6 Å². The molecule has 3 aromatic rings. The van der Waals surface area contributed by atoms with Crippen LogP contribution in [-0.2, 0) is 11.3 Å². The fourth-order valence-corrected chi connectivity index (χ4v) is 3.69. The highest BCUT2D eigenvalue weighted by atomic mass is 16.5. The van der Waals surface area contributed by atoms with Crippen molar-refractivity contribution < 1.29 is 14.4 Å². The standard InChI is InChI=1S/C21H28N10O3/c1-12-7-15(30-34-12)10-25-21(3,33)17-19(22-4)24-11-31(17)13(2)20(32)29-16-5-6-23-18(28-16)14-8-26-27-9-14/h5-9,13,22,24-25,33H,10-11H2,1-4H3,(H,26,27)(H,23,28,29,32)/t13-,21?/m0/s1. The van der Waals surface area contributed by atoms with Crippen LogP contribution in [0.3, 0.4) is 0 Å². The van der Waals surface area contributed by atoms with Crippen LogP contribution >= 0.6 is 0 Å². The number of H-pyrrole nitrogens is 1. The van der Waals surface area contributed by atoms with Gasteiger partial charge in [-0.05, 0) is 26.8 Å². The number of aromatic amines is 1. The Kier molecular flexibility index (Phi) is 6.47. The molecule has 0 fully saturated rings. The van der Waals surface area contributed by atoms with Crippen LogP contribution in [0.2, 0.25) is 0 Å². The van der Waals surface area contributed by atoms with Crippen molar-refractivity contribution in [3.8, 4) is 11.4 Å². The smallest absolute Gasteiger partial charge is 0.248 e. The first kappa shape index (κ1) is 23.2. The molecule has 0 aliphatic carbocycles. The van der Waals surface area contributed by atoms with Crippen LogP contribution in [0.25, 0.3) is 11.4 Å². The number of carbonyl (C=O) groups excluding carboxylic acids is 1. The summed E-state index contributed by atoms with van der Waals surface area (Å²) in [4.78, 5) is 23.5. The monoisotopic (exact) mass is 468 g/mol. The minimum Gasteiger partial charge on any atom is -0.373 e. The lowest BCUT2D eigenvalue weighted by molar-refractivity contribution is -0.120. The molecule has 3 aromatic heterocycles. The maximum absolute atomic E-state index is 13.1. The highest BCUT2D eigenvalue weighted by molar-refractivity contribution is 5.94. The SMILES string of the molecule is CNC1=C(C(C)(O)NCc2cc(C)on2)N([C@@H](C)C(=O)Nc2ccnc(-c3cn[nH]c3)n2)CN1. The number of rotatable bonds is 9. The third kappa shape index (κ3) is 4.84. The van der Waals surface area contributed by atoms with Crippen molar-refractivity contribution in [1.29, 1.82) is 0 Å². The van der Waals surface area contributed by atoms with Crippen molar-refractivity contribution >= 4 is 11.7 Å². The second kappa shape index (κ2) is 9.49. The highest BCUT2D eigenvalue weighted by Gasteiger charge is 2.40. The molecule has 4 heterocycles. The van der Waals surface area contributed by atoms with Crippen LogP contribution in [-0.4, -0.2) is 66.7 Å². The lowest BCUT2D eigenvalue weighted by Crippen LogP contribution is -2.52. The number of aliphatic hydroxyl groups is 1. The van der Waals surface area contributed by atoms with Gasteiger partial charge in [0.25, 0.3) is 0 Å². The molecular formula is C21H28N10O3. The summed E-state index contributed by atoms with van der Waals surface area (Å²) < 4.78 is 5.09. The Bertz CT molecular complexity index is 1170. The Labute approximate surface area is 196 Å². The van der Waals surface area contributed by atoms with E-state index in [1.807, 2.05) is 0 Å². The molecule has 0 aromatic carbocycles. The molecule has 0 spiro atoms. The molecule has 6 N–H and O–H groups in total. The third-order valence-electron chi connectivity index (χ3n) is 5.46. The fraction of sp³-hybridized carbons (Fsp3) is 0.381. The fourth-order valence-electron chi connectivity index (χ4n) is 3.69. The maximum atomic E-state index is 13.1. The van der Waals surface area contributed by atoms with Crippen LogP contribution in [0, 0.1) is 6.92 Å². The van der Waals surface area contributed by atoms with Crippen LogP contribution in [0.5, 0.6) is 0 Å². The van der Waals surface area contributed by atoms with Gasteiger partial charge in [-0.25, -0.2) is 9.97 Å². The molecule has 34 heavy (non-hydrogen) atoms. The summed E-state index contributed by atoms with van der Waals surface area (Å²) in [5.41, 5.74) is 0.387. The lowest BCUT2D eigenvalue weighted by Gasteiger charge is -2.35. The number of nitrogens with one attached hydrogen (secondary N) is 5. The highest BCUT2D eigenvalue weighted by Crippen LogP contribution is 2.27. The van der Waals surface area contributed by atoms with Crippen molar-refractivity contribution in [3.05, 3.63) is 53.7 Å². The summed E-state index contributed by atoms with van der Waals surface area (Å²) in [6.45, 7) is 5.78. The number of hydrogen-bond acceptors (Lipinski definition) is 11. The Hall–Kier alpha value is -3.97. The van der Waals surface area contributed by atoms with E-state index >= 15 is 0 Å². The predicted molar refractivity (Wildman–Crippen MR) is 122 cm³/mol. The van der Waals surface area contributed by atoms with E-state index in [0.717, 1.165) is 0 Å². The van der Waals surface area contributed by atoms with Crippen LogP contribution < -0.4 is 21.3 Å². The first-order chi connectivity index (χ1) is 16.3. The van der Waals surface area contributed by atoms with E-state index in [1.54, 1.807) is 63.4 Å². The van der Waals surface area contributed by atoms with Crippen LogP contribution in [0.4, 0.5) is 5.82 Å². The number of anilines is 1. The summed E-state index contributed by atoms with van der Waals surface area (Å²) in [7, 11) is 1.74. The molecule has 0 bridgehead atoms. The Balaban J connectivity index is 1.49. The van der Waals surface area contributed by atoms with Gasteiger partial charge in [-0.15, -0.1) is 0 Å². The molecule has 1 aliphatic heterocycles. The molecule has 1 amide bonds. The first-order valence-electron chi connectivity index (χ1n) is 10.7. The van der Waals surface area contributed by atoms with Crippen molar-refractivity contribution in [2.24, 2.45) is 0 Å². The molecule has 1 unspecified atom stereocenters. The van der Waals surface area contributed by atoms with Crippen molar-refractivity contribution in [2.75, 3.05) is 19.0 Å². The molecule has 13 nitrogen and oxygen atoms in total. The van der Waals surface area contributed by atoms with Gasteiger partial charge in [-0.3, -0.25) is 15.2 Å². The molecule has 0 saturated carbocycles. The summed E-state index contributed by atoms with van der Waals surface area (Å²) >= 11 is 0. The number of carbonyl (C=O) groups is 1. The average molecular weight is 469 g/mol. The minimum atomic E-state index is -1.48. The van der Waals surface area contributed by atoms with E-state index in [9.17, 15) is 9.90 Å². The van der Waals surface area contributed by atoms with E-state index in [4.69, 9.17) is 4.52 Å². The molecule has 1 aliphatic rings. The number of aryl methyl sites for hydroxylation is 1. The summed E-state index contributed by atoms with van der Waals surface area (Å²) in [5, 5.41) is 34.0. The zero-order chi connectivity index (χ0) is 24.3. The van der Waals surface area contributed by atoms with Gasteiger partial charge in [0.2, 0.25) is 5.91 Å². The first-order valence-corrected chi connectivity index (χ1v) is 10.7. The van der Waals surface area contributed by atoms with Crippen LogP contribution in [0.15, 0.2) is 46.8 Å². The van der Waals surface area contributed by atoms with Crippen molar-refractivity contribution in [1.82, 2.24) is 46.2 Å². The zero-order valence-electron chi connectivity index (χ0n) is 19.4. The number of amides is 1. The Morgan fingerprint density at radius 1 is 1.44 bits per heavy atom. The van der Waals surface area contributed by atoms with Gasteiger partial charge < -0.3 is 30.5 Å². The second-order valence-electron chi connectivity index (χ2n) is 8.05. The summed E-state index contributed by atoms with van der Waals surface area (Å²) in [5.74, 6) is 1.80. The predicted octanol–water partition coefficient (Wildman–Crippen LogP) is 0.240. The van der Waals surface area contributed by atoms with E-state index in [-0.39, 0.29) is 12.5 Å². The largest absolute Gasteiger partial charge is 0.373 e. The van der Waals surface area contributed by atoms with Crippen molar-refractivity contribution in [2.45, 2.75) is 39.1 Å². The van der Waals surface area contributed by atoms with Gasteiger partial charge in [0, 0.05) is 32.1 Å². The van der Waals surface area contributed by atoms with Crippen LogP contribution in [0.1, 0.15) is 25.3 Å². The average Bonchev–Trinajstić information content (AvgIpc) is 3.58.